The number of aromatic nitrogens is 2. The van der Waals surface area contributed by atoms with E-state index in [1.54, 1.807) is 30.3 Å². The highest BCUT2D eigenvalue weighted by Gasteiger charge is 2.15. The summed E-state index contributed by atoms with van der Waals surface area (Å²) in [4.78, 5) is 15.8. The molecule has 0 unspecified atom stereocenters. The number of fused-ring (bicyclic) bond motifs is 1. The minimum absolute atomic E-state index is 0.178. The average Bonchev–Trinajstić information content (AvgIpc) is 3.40. The van der Waals surface area contributed by atoms with E-state index in [1.807, 2.05) is 48.0 Å². The minimum atomic E-state index is -0.441. The third-order valence-corrected chi connectivity index (χ3v) is 4.71. The molecular formula is C24H20FN3O3. The van der Waals surface area contributed by atoms with Crippen molar-refractivity contribution in [3.05, 3.63) is 96.2 Å². The molecule has 0 radical (unpaired) electrons. The van der Waals surface area contributed by atoms with Gasteiger partial charge in [-0.15, -0.1) is 0 Å². The molecule has 156 valence electrons. The van der Waals surface area contributed by atoms with E-state index in [2.05, 4.69) is 4.98 Å². The first-order valence-corrected chi connectivity index (χ1v) is 9.58. The van der Waals surface area contributed by atoms with Gasteiger partial charge in [0, 0.05) is 23.4 Å². The summed E-state index contributed by atoms with van der Waals surface area (Å²) in [7, 11) is 0. The van der Waals surface area contributed by atoms with Crippen molar-refractivity contribution in [1.29, 1.82) is 0 Å². The fourth-order valence-electron chi connectivity index (χ4n) is 3.13. The standard InChI is InChI=1S/C18H15N3O3.C6H5F/c1-11-20-15(12-2-4-13(5-3-12)18(19)22)9-21(11)14-6-7-16-17(8-14)24-10-23-16;7-6-4-2-1-3-5-6/h2-9H,10H2,1H3,(H2,19,22);1-5H. The van der Waals surface area contributed by atoms with Crippen LogP contribution in [0.3, 0.4) is 0 Å². The topological polar surface area (TPSA) is 79.4 Å². The van der Waals surface area contributed by atoms with Gasteiger partial charge in [0.25, 0.3) is 0 Å². The maximum atomic E-state index is 11.9. The van der Waals surface area contributed by atoms with Gasteiger partial charge in [0.05, 0.1) is 11.4 Å². The van der Waals surface area contributed by atoms with E-state index in [0.29, 0.717) is 5.56 Å². The van der Waals surface area contributed by atoms with Gasteiger partial charge in [-0.3, -0.25) is 4.79 Å². The van der Waals surface area contributed by atoms with Crippen molar-refractivity contribution in [1.82, 2.24) is 9.55 Å². The van der Waals surface area contributed by atoms with Crippen molar-refractivity contribution >= 4 is 5.91 Å². The predicted molar refractivity (Wildman–Crippen MR) is 115 cm³/mol. The van der Waals surface area contributed by atoms with Crippen LogP contribution in [-0.4, -0.2) is 22.3 Å². The first kappa shape index (κ1) is 20.2. The largest absolute Gasteiger partial charge is 0.454 e. The number of primary amides is 1. The van der Waals surface area contributed by atoms with Gasteiger partial charge in [-0.1, -0.05) is 30.3 Å². The number of nitrogens with two attached hydrogens (primary N) is 1. The summed E-state index contributed by atoms with van der Waals surface area (Å²) in [6.45, 7) is 2.19. The molecular weight excluding hydrogens is 397 g/mol. The lowest BCUT2D eigenvalue weighted by atomic mass is 10.1. The number of hydrogen-bond acceptors (Lipinski definition) is 4. The lowest BCUT2D eigenvalue weighted by Gasteiger charge is -2.05. The first-order chi connectivity index (χ1) is 15.0. The monoisotopic (exact) mass is 417 g/mol. The van der Waals surface area contributed by atoms with Crippen LogP contribution >= 0.6 is 0 Å². The van der Waals surface area contributed by atoms with Gasteiger partial charge in [0.2, 0.25) is 12.7 Å². The smallest absolute Gasteiger partial charge is 0.248 e. The number of carbonyl (C=O) groups is 1. The van der Waals surface area contributed by atoms with Crippen molar-refractivity contribution in [3.63, 3.8) is 0 Å². The van der Waals surface area contributed by atoms with Gasteiger partial charge in [-0.25, -0.2) is 9.37 Å². The second-order valence-corrected chi connectivity index (χ2v) is 6.82. The lowest BCUT2D eigenvalue weighted by Crippen LogP contribution is -2.10. The van der Waals surface area contributed by atoms with Gasteiger partial charge in [-0.05, 0) is 43.3 Å². The molecule has 0 saturated carbocycles. The van der Waals surface area contributed by atoms with Crippen LogP contribution in [0.4, 0.5) is 4.39 Å². The SMILES string of the molecule is Cc1nc(-c2ccc(C(N)=O)cc2)cn1-c1ccc2c(c1)OCO2.Fc1ccccc1. The molecule has 0 spiro atoms. The summed E-state index contributed by atoms with van der Waals surface area (Å²) in [6.07, 6.45) is 1.95. The number of rotatable bonds is 3. The molecule has 3 aromatic carbocycles. The Hall–Kier alpha value is -4.13. The minimum Gasteiger partial charge on any atom is -0.454 e. The Morgan fingerprint density at radius 2 is 1.71 bits per heavy atom. The van der Waals surface area contributed by atoms with Crippen molar-refractivity contribution < 1.29 is 18.7 Å². The molecule has 5 rings (SSSR count). The zero-order chi connectivity index (χ0) is 21.8. The zero-order valence-corrected chi connectivity index (χ0v) is 16.8. The van der Waals surface area contributed by atoms with E-state index >= 15 is 0 Å². The third-order valence-electron chi connectivity index (χ3n) is 4.71. The van der Waals surface area contributed by atoms with Crippen LogP contribution in [0.25, 0.3) is 16.9 Å². The Labute approximate surface area is 178 Å². The maximum Gasteiger partial charge on any atom is 0.248 e. The van der Waals surface area contributed by atoms with Crippen LogP contribution in [0.2, 0.25) is 0 Å². The summed E-state index contributed by atoms with van der Waals surface area (Å²) in [5.74, 6) is 1.71. The molecule has 7 heteroatoms. The Bertz CT molecular complexity index is 1200. The van der Waals surface area contributed by atoms with Crippen molar-refractivity contribution in [2.24, 2.45) is 5.73 Å². The van der Waals surface area contributed by atoms with E-state index < -0.39 is 5.91 Å². The zero-order valence-electron chi connectivity index (χ0n) is 16.8. The number of benzene rings is 3. The van der Waals surface area contributed by atoms with E-state index in [9.17, 15) is 9.18 Å². The number of amides is 1. The predicted octanol–water partition coefficient (Wildman–Crippen LogP) is 4.50. The second kappa shape index (κ2) is 8.71. The van der Waals surface area contributed by atoms with Gasteiger partial charge in [0.1, 0.15) is 11.6 Å². The Morgan fingerprint density at radius 3 is 2.35 bits per heavy atom. The number of carbonyl (C=O) groups excluding carboxylic acids is 1. The van der Waals surface area contributed by atoms with Gasteiger partial charge >= 0.3 is 0 Å². The first-order valence-electron chi connectivity index (χ1n) is 9.58. The molecule has 1 amide bonds. The summed E-state index contributed by atoms with van der Waals surface area (Å²) >= 11 is 0. The summed E-state index contributed by atoms with van der Waals surface area (Å²) in [5.41, 5.74) is 8.44. The van der Waals surface area contributed by atoms with Crippen molar-refractivity contribution in [2.45, 2.75) is 6.92 Å². The van der Waals surface area contributed by atoms with E-state index in [1.165, 1.54) is 12.1 Å². The molecule has 0 aliphatic carbocycles. The Kier molecular flexibility index (Phi) is 5.66. The summed E-state index contributed by atoms with van der Waals surface area (Å²) in [5, 5.41) is 0. The summed E-state index contributed by atoms with van der Waals surface area (Å²) in [6, 6.07) is 20.8. The van der Waals surface area contributed by atoms with Crippen molar-refractivity contribution in [3.8, 4) is 28.4 Å². The number of aryl methyl sites for hydroxylation is 1. The highest BCUT2D eigenvalue weighted by atomic mass is 19.1. The highest BCUT2D eigenvalue weighted by molar-refractivity contribution is 5.93. The second-order valence-electron chi connectivity index (χ2n) is 6.82. The summed E-state index contributed by atoms with van der Waals surface area (Å²) < 4.78 is 24.7. The quantitative estimate of drug-likeness (QED) is 0.532. The van der Waals surface area contributed by atoms with Crippen LogP contribution in [0.5, 0.6) is 11.5 Å². The molecule has 2 heterocycles. The van der Waals surface area contributed by atoms with Crippen LogP contribution in [0.1, 0.15) is 16.2 Å². The molecule has 1 aliphatic heterocycles. The fourth-order valence-corrected chi connectivity index (χ4v) is 3.13. The van der Waals surface area contributed by atoms with Gasteiger partial charge in [-0.2, -0.15) is 0 Å². The van der Waals surface area contributed by atoms with Crippen molar-refractivity contribution in [2.75, 3.05) is 6.79 Å². The van der Waals surface area contributed by atoms with Gasteiger partial charge < -0.3 is 19.8 Å². The van der Waals surface area contributed by atoms with E-state index in [0.717, 1.165) is 34.3 Å². The van der Waals surface area contributed by atoms with E-state index in [-0.39, 0.29) is 12.6 Å². The normalized spacial score (nSPS) is 11.5. The number of ether oxygens (including phenoxy) is 2. The van der Waals surface area contributed by atoms with Crippen LogP contribution in [0.15, 0.2) is 79.0 Å². The fraction of sp³-hybridized carbons (Fsp3) is 0.0833. The molecule has 6 nitrogen and oxygen atoms in total. The molecule has 0 atom stereocenters. The molecule has 0 fully saturated rings. The van der Waals surface area contributed by atoms with Crippen LogP contribution < -0.4 is 15.2 Å². The Balaban J connectivity index is 0.000000282. The molecule has 31 heavy (non-hydrogen) atoms. The van der Waals surface area contributed by atoms with E-state index in [4.69, 9.17) is 15.2 Å². The number of halogens is 1. The Morgan fingerprint density at radius 1 is 1.00 bits per heavy atom. The van der Waals surface area contributed by atoms with Crippen LogP contribution in [-0.2, 0) is 0 Å². The highest BCUT2D eigenvalue weighted by Crippen LogP contribution is 2.34. The number of imidazole rings is 1. The molecule has 0 bridgehead atoms. The third kappa shape index (κ3) is 4.56. The maximum absolute atomic E-state index is 11.9. The molecule has 4 aromatic rings. The molecule has 0 saturated heterocycles. The molecule has 2 N–H and O–H groups in total. The molecule has 1 aliphatic rings. The number of hydrogen-bond donors (Lipinski definition) is 1. The van der Waals surface area contributed by atoms with Gasteiger partial charge in [0.15, 0.2) is 11.5 Å². The average molecular weight is 417 g/mol. The number of nitrogens with zero attached hydrogens (tertiary/aromatic N) is 2. The van der Waals surface area contributed by atoms with Crippen LogP contribution in [0, 0.1) is 12.7 Å². The molecule has 1 aromatic heterocycles. The lowest BCUT2D eigenvalue weighted by molar-refractivity contribution is 0.100.